The van der Waals surface area contributed by atoms with Crippen LogP contribution in [0.5, 0.6) is 0 Å². The standard InChI is InChI=1S/C13H16N2O3S2/c1-4-15-12(17)11-9(5-6-19-11)14-13(15)20-7-10(16)18-8(2)3/h5-6,8H,4,7H2,1-3H3. The van der Waals surface area contributed by atoms with Crippen molar-refractivity contribution in [3.8, 4) is 0 Å². The molecule has 20 heavy (non-hydrogen) atoms. The quantitative estimate of drug-likeness (QED) is 0.482. The van der Waals surface area contributed by atoms with Gasteiger partial charge in [-0.3, -0.25) is 14.2 Å². The number of hydrogen-bond acceptors (Lipinski definition) is 6. The van der Waals surface area contributed by atoms with Gasteiger partial charge in [-0.15, -0.1) is 11.3 Å². The molecule has 0 aliphatic heterocycles. The van der Waals surface area contributed by atoms with Crippen LogP contribution in [-0.2, 0) is 16.1 Å². The van der Waals surface area contributed by atoms with Crippen molar-refractivity contribution in [2.45, 2.75) is 38.6 Å². The Morgan fingerprint density at radius 3 is 2.95 bits per heavy atom. The Balaban J connectivity index is 2.25. The Bertz CT molecular complexity index is 676. The number of fused-ring (bicyclic) bond motifs is 1. The number of carbonyl (C=O) groups excluding carboxylic acids is 1. The Labute approximate surface area is 125 Å². The lowest BCUT2D eigenvalue weighted by Crippen LogP contribution is -2.22. The first-order valence-corrected chi connectivity index (χ1v) is 8.19. The first-order chi connectivity index (χ1) is 9.52. The smallest absolute Gasteiger partial charge is 0.316 e. The lowest BCUT2D eigenvalue weighted by atomic mass is 10.5. The molecule has 2 rings (SSSR count). The van der Waals surface area contributed by atoms with Crippen molar-refractivity contribution in [3.05, 3.63) is 21.8 Å². The van der Waals surface area contributed by atoms with Crippen molar-refractivity contribution in [2.24, 2.45) is 0 Å². The summed E-state index contributed by atoms with van der Waals surface area (Å²) in [6.07, 6.45) is -0.135. The minimum Gasteiger partial charge on any atom is -0.462 e. The molecule has 2 aromatic rings. The zero-order valence-electron chi connectivity index (χ0n) is 11.6. The van der Waals surface area contributed by atoms with Crippen molar-refractivity contribution in [1.82, 2.24) is 9.55 Å². The minimum atomic E-state index is -0.299. The van der Waals surface area contributed by atoms with Gasteiger partial charge in [0.05, 0.1) is 17.4 Å². The van der Waals surface area contributed by atoms with E-state index in [-0.39, 0.29) is 23.4 Å². The van der Waals surface area contributed by atoms with Crippen LogP contribution < -0.4 is 5.56 Å². The second-order valence-electron chi connectivity index (χ2n) is 4.41. The van der Waals surface area contributed by atoms with E-state index in [0.717, 1.165) is 0 Å². The third-order valence-electron chi connectivity index (χ3n) is 2.53. The van der Waals surface area contributed by atoms with Crippen LogP contribution in [0.15, 0.2) is 21.4 Å². The van der Waals surface area contributed by atoms with Crippen LogP contribution in [0.25, 0.3) is 10.2 Å². The summed E-state index contributed by atoms with van der Waals surface area (Å²) in [5.41, 5.74) is 0.636. The van der Waals surface area contributed by atoms with Crippen LogP contribution in [0.3, 0.4) is 0 Å². The van der Waals surface area contributed by atoms with Crippen LogP contribution in [0, 0.1) is 0 Å². The molecule has 2 aromatic heterocycles. The molecule has 5 nitrogen and oxygen atoms in total. The van der Waals surface area contributed by atoms with Gasteiger partial charge in [-0.25, -0.2) is 4.98 Å². The highest BCUT2D eigenvalue weighted by atomic mass is 32.2. The molecule has 108 valence electrons. The van der Waals surface area contributed by atoms with Gasteiger partial charge in [0.15, 0.2) is 5.16 Å². The molecular weight excluding hydrogens is 296 g/mol. The monoisotopic (exact) mass is 312 g/mol. The van der Waals surface area contributed by atoms with E-state index < -0.39 is 0 Å². The topological polar surface area (TPSA) is 61.2 Å². The molecule has 0 N–H and O–H groups in total. The van der Waals surface area contributed by atoms with E-state index in [1.54, 1.807) is 18.4 Å². The van der Waals surface area contributed by atoms with Gasteiger partial charge in [0.1, 0.15) is 4.70 Å². The van der Waals surface area contributed by atoms with Gasteiger partial charge in [-0.1, -0.05) is 11.8 Å². The molecule has 0 radical (unpaired) electrons. The highest BCUT2D eigenvalue weighted by Crippen LogP contribution is 2.21. The summed E-state index contributed by atoms with van der Waals surface area (Å²) in [6.45, 7) is 6.03. The predicted molar refractivity (Wildman–Crippen MR) is 81.5 cm³/mol. The average Bonchev–Trinajstić information content (AvgIpc) is 2.84. The average molecular weight is 312 g/mol. The van der Waals surface area contributed by atoms with Crippen LogP contribution in [0.1, 0.15) is 20.8 Å². The number of esters is 1. The maximum absolute atomic E-state index is 12.3. The lowest BCUT2D eigenvalue weighted by molar-refractivity contribution is -0.144. The van der Waals surface area contributed by atoms with Crippen molar-refractivity contribution in [1.29, 1.82) is 0 Å². The molecule has 0 aliphatic carbocycles. The van der Waals surface area contributed by atoms with E-state index in [1.165, 1.54) is 23.1 Å². The molecular formula is C13H16N2O3S2. The molecule has 0 bridgehead atoms. The number of carbonyl (C=O) groups is 1. The Kier molecular flexibility index (Phi) is 4.82. The number of hydrogen-bond donors (Lipinski definition) is 0. The van der Waals surface area contributed by atoms with E-state index in [2.05, 4.69) is 4.98 Å². The number of ether oxygens (including phenoxy) is 1. The van der Waals surface area contributed by atoms with Gasteiger partial charge in [0, 0.05) is 6.54 Å². The lowest BCUT2D eigenvalue weighted by Gasteiger charge is -2.10. The van der Waals surface area contributed by atoms with E-state index in [1.807, 2.05) is 18.4 Å². The Morgan fingerprint density at radius 2 is 2.30 bits per heavy atom. The van der Waals surface area contributed by atoms with Crippen molar-refractivity contribution in [2.75, 3.05) is 5.75 Å². The molecule has 0 aliphatic rings. The number of rotatable bonds is 5. The molecule has 0 amide bonds. The first kappa shape index (κ1) is 15.1. The van der Waals surface area contributed by atoms with E-state index in [0.29, 0.717) is 21.9 Å². The second-order valence-corrected chi connectivity index (χ2v) is 6.26. The Morgan fingerprint density at radius 1 is 1.55 bits per heavy atom. The molecule has 0 saturated heterocycles. The summed E-state index contributed by atoms with van der Waals surface area (Å²) in [4.78, 5) is 28.3. The Hall–Kier alpha value is -1.34. The van der Waals surface area contributed by atoms with Gasteiger partial charge < -0.3 is 4.74 Å². The normalized spacial score (nSPS) is 11.2. The molecule has 0 saturated carbocycles. The van der Waals surface area contributed by atoms with Gasteiger partial charge in [-0.2, -0.15) is 0 Å². The number of thioether (sulfide) groups is 1. The number of nitrogens with zero attached hydrogens (tertiary/aromatic N) is 2. The molecule has 0 atom stereocenters. The van der Waals surface area contributed by atoms with Gasteiger partial charge >= 0.3 is 5.97 Å². The van der Waals surface area contributed by atoms with Crippen molar-refractivity contribution in [3.63, 3.8) is 0 Å². The van der Waals surface area contributed by atoms with Crippen molar-refractivity contribution >= 4 is 39.3 Å². The highest BCUT2D eigenvalue weighted by Gasteiger charge is 2.14. The highest BCUT2D eigenvalue weighted by molar-refractivity contribution is 7.99. The summed E-state index contributed by atoms with van der Waals surface area (Å²) in [5.74, 6) is -0.146. The van der Waals surface area contributed by atoms with Crippen LogP contribution >= 0.6 is 23.1 Å². The number of thiophene rings is 1. The fraction of sp³-hybridized carbons (Fsp3) is 0.462. The first-order valence-electron chi connectivity index (χ1n) is 6.33. The van der Waals surface area contributed by atoms with Crippen LogP contribution in [-0.4, -0.2) is 27.4 Å². The van der Waals surface area contributed by atoms with E-state index >= 15 is 0 Å². The summed E-state index contributed by atoms with van der Waals surface area (Å²) >= 11 is 2.62. The summed E-state index contributed by atoms with van der Waals surface area (Å²) in [7, 11) is 0. The zero-order valence-corrected chi connectivity index (χ0v) is 13.2. The third-order valence-corrected chi connectivity index (χ3v) is 4.37. The third kappa shape index (κ3) is 3.21. The van der Waals surface area contributed by atoms with Crippen LogP contribution in [0.2, 0.25) is 0 Å². The second kappa shape index (κ2) is 6.41. The maximum atomic E-state index is 12.3. The van der Waals surface area contributed by atoms with E-state index in [9.17, 15) is 9.59 Å². The van der Waals surface area contributed by atoms with Crippen molar-refractivity contribution < 1.29 is 9.53 Å². The SMILES string of the molecule is CCn1c(SCC(=O)OC(C)C)nc2ccsc2c1=O. The maximum Gasteiger partial charge on any atom is 0.316 e. The molecule has 0 unspecified atom stereocenters. The summed E-state index contributed by atoms with van der Waals surface area (Å²) in [5, 5.41) is 2.41. The molecule has 0 fully saturated rings. The summed E-state index contributed by atoms with van der Waals surface area (Å²) in [6, 6.07) is 1.82. The molecule has 7 heteroatoms. The van der Waals surface area contributed by atoms with Gasteiger partial charge in [0.25, 0.3) is 5.56 Å². The number of aromatic nitrogens is 2. The van der Waals surface area contributed by atoms with E-state index in [4.69, 9.17) is 4.74 Å². The largest absolute Gasteiger partial charge is 0.462 e. The molecule has 0 aromatic carbocycles. The van der Waals surface area contributed by atoms with Gasteiger partial charge in [-0.05, 0) is 32.2 Å². The summed E-state index contributed by atoms with van der Waals surface area (Å²) < 4.78 is 7.32. The fourth-order valence-electron chi connectivity index (χ4n) is 1.73. The predicted octanol–water partition coefficient (Wildman–Crippen LogP) is 2.52. The van der Waals surface area contributed by atoms with Crippen LogP contribution in [0.4, 0.5) is 0 Å². The molecule has 2 heterocycles. The van der Waals surface area contributed by atoms with Gasteiger partial charge in [0.2, 0.25) is 0 Å². The fourth-order valence-corrected chi connectivity index (χ4v) is 3.36. The molecule has 0 spiro atoms. The zero-order chi connectivity index (χ0) is 14.7. The minimum absolute atomic E-state index is 0.0489.